The van der Waals surface area contributed by atoms with Crippen LogP contribution in [-0.2, 0) is 14.4 Å². The summed E-state index contributed by atoms with van der Waals surface area (Å²) < 4.78 is 0. The second-order valence-electron chi connectivity index (χ2n) is 7.13. The molecule has 164 valence electrons. The molecule has 1 heterocycles. The summed E-state index contributed by atoms with van der Waals surface area (Å²) in [6.07, 6.45) is 5.98. The molecule has 2 unspecified atom stereocenters. The van der Waals surface area contributed by atoms with Gasteiger partial charge < -0.3 is 16.0 Å². The topological polar surface area (TPSA) is 117 Å². The lowest BCUT2D eigenvalue weighted by Crippen LogP contribution is -2.37. The third kappa shape index (κ3) is 6.16. The monoisotopic (exact) mass is 444 g/mol. The van der Waals surface area contributed by atoms with Crippen LogP contribution in [0.2, 0.25) is 5.02 Å². The summed E-state index contributed by atoms with van der Waals surface area (Å²) in [6.45, 7) is 3.46. The third-order valence-corrected chi connectivity index (χ3v) is 5.22. The van der Waals surface area contributed by atoms with E-state index >= 15 is 0 Å². The highest BCUT2D eigenvalue weighted by Crippen LogP contribution is 2.30. The van der Waals surface area contributed by atoms with Crippen LogP contribution >= 0.6 is 11.6 Å². The van der Waals surface area contributed by atoms with Crippen LogP contribution in [0, 0.1) is 5.92 Å². The number of aromatic nitrogens is 2. The molecular weight excluding hydrogens is 420 g/mol. The molecule has 9 nitrogen and oxygen atoms in total. The van der Waals surface area contributed by atoms with Gasteiger partial charge in [-0.2, -0.15) is 4.98 Å². The first-order chi connectivity index (χ1) is 15.0. The number of rotatable bonds is 8. The van der Waals surface area contributed by atoms with Gasteiger partial charge in [0, 0.05) is 12.0 Å². The quantitative estimate of drug-likeness (QED) is 0.362. The molecule has 1 aliphatic carbocycles. The minimum absolute atomic E-state index is 0.0505. The number of nitrogens with zero attached hydrogens (tertiary/aromatic N) is 2. The zero-order chi connectivity index (χ0) is 22.2. The van der Waals surface area contributed by atoms with Gasteiger partial charge in [-0.15, -0.1) is 0 Å². The minimum Gasteiger partial charge on any atom is -0.351 e. The van der Waals surface area contributed by atoms with Gasteiger partial charge >= 0.3 is 0 Å². The smallest absolute Gasteiger partial charge is 0.247 e. The lowest BCUT2D eigenvalue weighted by atomic mass is 9.85. The molecule has 1 aromatic heterocycles. The van der Waals surface area contributed by atoms with E-state index in [4.69, 9.17) is 16.4 Å². The summed E-state index contributed by atoms with van der Waals surface area (Å²) in [5.74, 6) is 0.221. The Bertz CT molecular complexity index is 954. The largest absolute Gasteiger partial charge is 0.351 e. The molecule has 0 radical (unpaired) electrons. The van der Waals surface area contributed by atoms with Gasteiger partial charge in [0.25, 0.3) is 0 Å². The number of nitrogens with one attached hydrogen (secondary N) is 4. The first kappa shape index (κ1) is 22.5. The van der Waals surface area contributed by atoms with Crippen molar-refractivity contribution >= 4 is 46.6 Å². The van der Waals surface area contributed by atoms with Gasteiger partial charge in [-0.25, -0.2) is 10.5 Å². The Morgan fingerprint density at radius 3 is 2.77 bits per heavy atom. The zero-order valence-electron chi connectivity index (χ0n) is 17.2. The van der Waals surface area contributed by atoms with Crippen molar-refractivity contribution in [2.24, 2.45) is 5.92 Å². The van der Waals surface area contributed by atoms with Gasteiger partial charge in [0.15, 0.2) is 5.82 Å². The Labute approximate surface area is 185 Å². The number of halogens is 1. The van der Waals surface area contributed by atoms with Crippen molar-refractivity contribution in [1.29, 1.82) is 0 Å². The van der Waals surface area contributed by atoms with Crippen LogP contribution in [0.25, 0.3) is 0 Å². The highest BCUT2D eigenvalue weighted by molar-refractivity contribution is 6.33. The van der Waals surface area contributed by atoms with E-state index in [9.17, 15) is 9.59 Å². The molecule has 1 aromatic carbocycles. The highest BCUT2D eigenvalue weighted by Gasteiger charge is 2.27. The number of amides is 2. The van der Waals surface area contributed by atoms with Crippen molar-refractivity contribution in [1.82, 2.24) is 15.4 Å². The van der Waals surface area contributed by atoms with E-state index in [1.807, 2.05) is 6.07 Å². The lowest BCUT2D eigenvalue weighted by Gasteiger charge is -2.28. The molecular formula is C21H25ClN6O3. The molecule has 3 rings (SSSR count). The van der Waals surface area contributed by atoms with Crippen LogP contribution in [-0.4, -0.2) is 34.9 Å². The van der Waals surface area contributed by atoms with Crippen LogP contribution in [0.1, 0.15) is 25.7 Å². The number of carbonyl (C=O) groups is 2. The fourth-order valence-corrected chi connectivity index (χ4v) is 3.60. The van der Waals surface area contributed by atoms with E-state index in [2.05, 4.69) is 38.0 Å². The predicted molar refractivity (Wildman–Crippen MR) is 120 cm³/mol. The molecule has 0 saturated heterocycles. The van der Waals surface area contributed by atoms with Gasteiger partial charge in [-0.05, 0) is 37.5 Å². The van der Waals surface area contributed by atoms with E-state index in [0.717, 1.165) is 19.3 Å². The molecule has 0 bridgehead atoms. The molecule has 1 saturated carbocycles. The average molecular weight is 445 g/mol. The van der Waals surface area contributed by atoms with E-state index < -0.39 is 0 Å². The molecule has 0 spiro atoms. The Morgan fingerprint density at radius 2 is 2.03 bits per heavy atom. The van der Waals surface area contributed by atoms with Gasteiger partial charge in [-0.1, -0.05) is 36.7 Å². The number of carbonyl (C=O) groups excluding carboxylic acids is 2. The maximum absolute atomic E-state index is 12.1. The Balaban J connectivity index is 1.72. The predicted octanol–water partition coefficient (Wildman–Crippen LogP) is 3.65. The first-order valence-electron chi connectivity index (χ1n) is 9.91. The van der Waals surface area contributed by atoms with Gasteiger partial charge in [0.2, 0.25) is 17.8 Å². The van der Waals surface area contributed by atoms with Crippen molar-refractivity contribution in [2.45, 2.75) is 31.7 Å². The number of hydroxylamine groups is 1. The number of hydrogen-bond acceptors (Lipinski definition) is 7. The van der Waals surface area contributed by atoms with Gasteiger partial charge in [-0.3, -0.25) is 14.4 Å². The molecule has 10 heteroatoms. The van der Waals surface area contributed by atoms with Crippen molar-refractivity contribution in [3.8, 4) is 0 Å². The molecule has 1 aliphatic rings. The lowest BCUT2D eigenvalue weighted by molar-refractivity contribution is -0.136. The van der Waals surface area contributed by atoms with E-state index in [1.54, 1.807) is 18.2 Å². The fraction of sp³-hybridized carbons (Fsp3) is 0.333. The molecule has 2 atom stereocenters. The number of hydrogen-bond donors (Lipinski definition) is 4. The van der Waals surface area contributed by atoms with Crippen LogP contribution < -0.4 is 21.4 Å². The summed E-state index contributed by atoms with van der Waals surface area (Å²) in [4.78, 5) is 37.2. The van der Waals surface area contributed by atoms with Crippen LogP contribution in [0.3, 0.4) is 0 Å². The Kier molecular flexibility index (Phi) is 7.80. The van der Waals surface area contributed by atoms with E-state index in [1.165, 1.54) is 19.4 Å². The molecule has 2 aromatic rings. The summed E-state index contributed by atoms with van der Waals surface area (Å²) in [5, 5.41) is 9.50. The second-order valence-corrected chi connectivity index (χ2v) is 7.54. The van der Waals surface area contributed by atoms with Crippen molar-refractivity contribution < 1.29 is 14.4 Å². The summed E-state index contributed by atoms with van der Waals surface area (Å²) >= 11 is 6.29. The van der Waals surface area contributed by atoms with Gasteiger partial charge in [0.05, 0.1) is 24.7 Å². The van der Waals surface area contributed by atoms with Crippen molar-refractivity contribution in [3.05, 3.63) is 48.1 Å². The first-order valence-corrected chi connectivity index (χ1v) is 10.3. The van der Waals surface area contributed by atoms with Crippen molar-refractivity contribution in [3.63, 3.8) is 0 Å². The summed E-state index contributed by atoms with van der Waals surface area (Å²) in [6, 6.07) is 7.23. The molecule has 31 heavy (non-hydrogen) atoms. The van der Waals surface area contributed by atoms with Crippen LogP contribution in [0.15, 0.2) is 43.1 Å². The summed E-state index contributed by atoms with van der Waals surface area (Å²) in [5.41, 5.74) is 3.59. The average Bonchev–Trinajstić information content (AvgIpc) is 2.77. The van der Waals surface area contributed by atoms with Crippen LogP contribution in [0.4, 0.5) is 23.1 Å². The highest BCUT2D eigenvalue weighted by atomic mass is 35.5. The number of para-hydroxylation sites is 2. The normalized spacial score (nSPS) is 18.0. The third-order valence-electron chi connectivity index (χ3n) is 4.95. The molecule has 4 N–H and O–H groups in total. The van der Waals surface area contributed by atoms with Gasteiger partial charge in [0.1, 0.15) is 5.02 Å². The Hall–Kier alpha value is -3.17. The van der Waals surface area contributed by atoms with E-state index in [-0.39, 0.29) is 23.8 Å². The molecule has 2 amide bonds. The SMILES string of the molecule is C=CC(=O)Nc1ccccc1Nc1nc(NC2CCCC(C(=O)NOC)C2)ncc1Cl. The summed E-state index contributed by atoms with van der Waals surface area (Å²) in [7, 11) is 1.42. The maximum Gasteiger partial charge on any atom is 0.247 e. The second kappa shape index (κ2) is 10.7. The number of benzene rings is 1. The zero-order valence-corrected chi connectivity index (χ0v) is 17.9. The molecule has 1 fully saturated rings. The number of anilines is 4. The fourth-order valence-electron chi connectivity index (χ4n) is 3.46. The van der Waals surface area contributed by atoms with Crippen molar-refractivity contribution in [2.75, 3.05) is 23.1 Å². The molecule has 0 aliphatic heterocycles. The standard InChI is InChI=1S/C21H25ClN6O3/c1-3-18(29)25-16-9-4-5-10-17(16)26-19-15(22)12-23-21(27-19)24-14-8-6-7-13(11-14)20(30)28-31-2/h3-5,9-10,12-14H,1,6-8,11H2,2H3,(H,25,29)(H,28,30)(H2,23,24,26,27). The minimum atomic E-state index is -0.324. The van der Waals surface area contributed by atoms with E-state index in [0.29, 0.717) is 34.6 Å². The maximum atomic E-state index is 12.1. The Morgan fingerprint density at radius 1 is 1.26 bits per heavy atom. The van der Waals surface area contributed by atoms with Crippen LogP contribution in [0.5, 0.6) is 0 Å².